The number of aryl methyl sites for hydroxylation is 1. The van der Waals surface area contributed by atoms with Crippen molar-refractivity contribution in [2.45, 2.75) is 38.3 Å². The van der Waals surface area contributed by atoms with Crippen LogP contribution in [0.4, 0.5) is 8.78 Å². The highest BCUT2D eigenvalue weighted by atomic mass is 19.3. The lowest BCUT2D eigenvalue weighted by Gasteiger charge is -2.34. The molecule has 1 aliphatic carbocycles. The summed E-state index contributed by atoms with van der Waals surface area (Å²) in [6.07, 6.45) is -0.791. The number of hydrogen-bond acceptors (Lipinski definition) is 3. The molecule has 2 rings (SSSR count). The predicted molar refractivity (Wildman–Crippen MR) is 55.5 cm³/mol. The second-order valence-corrected chi connectivity index (χ2v) is 4.14. The average Bonchev–Trinajstić information content (AvgIpc) is 2.14. The second kappa shape index (κ2) is 3.97. The van der Waals surface area contributed by atoms with Crippen molar-refractivity contribution >= 4 is 0 Å². The van der Waals surface area contributed by atoms with E-state index in [0.29, 0.717) is 18.0 Å². The topological polar surface area (TPSA) is 48.1 Å². The van der Waals surface area contributed by atoms with E-state index in [0.717, 1.165) is 5.69 Å². The minimum absolute atomic E-state index is 0.202. The first-order valence-electron chi connectivity index (χ1n) is 5.21. The molecule has 0 radical (unpaired) electrons. The summed E-state index contributed by atoms with van der Waals surface area (Å²) in [6, 6.07) is 3.43. The maximum Gasteiger partial charge on any atom is 0.255 e. The van der Waals surface area contributed by atoms with E-state index >= 15 is 0 Å². The minimum atomic E-state index is -2.55. The molecule has 1 aliphatic rings. The summed E-state index contributed by atoms with van der Waals surface area (Å²) in [5, 5.41) is 0. The van der Waals surface area contributed by atoms with Crippen LogP contribution in [0, 0.1) is 6.92 Å². The number of nitrogens with zero attached hydrogens (tertiary/aromatic N) is 1. The second-order valence-electron chi connectivity index (χ2n) is 4.14. The summed E-state index contributed by atoms with van der Waals surface area (Å²) < 4.78 is 30.6. The Morgan fingerprint density at radius 1 is 1.50 bits per heavy atom. The Hall–Kier alpha value is -1.23. The zero-order valence-electron chi connectivity index (χ0n) is 9.04. The number of ether oxygens (including phenoxy) is 1. The lowest BCUT2D eigenvalue weighted by atomic mass is 9.91. The smallest absolute Gasteiger partial charge is 0.255 e. The lowest BCUT2D eigenvalue weighted by Crippen LogP contribution is -2.43. The van der Waals surface area contributed by atoms with E-state index in [2.05, 4.69) is 4.98 Å². The first-order chi connectivity index (χ1) is 7.48. The van der Waals surface area contributed by atoms with Crippen molar-refractivity contribution in [1.82, 2.24) is 4.98 Å². The van der Waals surface area contributed by atoms with E-state index in [1.54, 1.807) is 12.1 Å². The summed E-state index contributed by atoms with van der Waals surface area (Å²) in [6.45, 7) is 2.14. The molecule has 0 unspecified atom stereocenters. The minimum Gasteiger partial charge on any atom is -0.490 e. The molecule has 88 valence electrons. The van der Waals surface area contributed by atoms with Gasteiger partial charge >= 0.3 is 0 Å². The normalized spacial score (nSPS) is 19.2. The third kappa shape index (κ3) is 2.47. The van der Waals surface area contributed by atoms with E-state index in [4.69, 9.17) is 10.5 Å². The number of nitrogens with two attached hydrogens (primary N) is 1. The van der Waals surface area contributed by atoms with Gasteiger partial charge < -0.3 is 10.5 Å². The SMILES string of the molecule is Cc1cc(OC2CC(F)(F)C2)cc(CN)n1. The Balaban J connectivity index is 2.02. The van der Waals surface area contributed by atoms with Crippen LogP contribution in [0.1, 0.15) is 24.2 Å². The number of alkyl halides is 2. The fourth-order valence-corrected chi connectivity index (χ4v) is 1.76. The van der Waals surface area contributed by atoms with Crippen molar-refractivity contribution in [3.05, 3.63) is 23.5 Å². The molecule has 0 aromatic carbocycles. The lowest BCUT2D eigenvalue weighted by molar-refractivity contribution is -0.134. The Morgan fingerprint density at radius 3 is 2.75 bits per heavy atom. The van der Waals surface area contributed by atoms with E-state index in [1.165, 1.54) is 0 Å². The van der Waals surface area contributed by atoms with Crippen molar-refractivity contribution < 1.29 is 13.5 Å². The Morgan fingerprint density at radius 2 is 2.19 bits per heavy atom. The van der Waals surface area contributed by atoms with Gasteiger partial charge in [-0.3, -0.25) is 4.98 Å². The molecule has 1 fully saturated rings. The number of halogens is 2. The number of rotatable bonds is 3. The molecule has 5 heteroatoms. The fourth-order valence-electron chi connectivity index (χ4n) is 1.76. The zero-order chi connectivity index (χ0) is 11.8. The van der Waals surface area contributed by atoms with Gasteiger partial charge in [0.05, 0.1) is 5.69 Å². The number of aromatic nitrogens is 1. The van der Waals surface area contributed by atoms with Gasteiger partial charge in [0, 0.05) is 37.2 Å². The quantitative estimate of drug-likeness (QED) is 0.861. The van der Waals surface area contributed by atoms with Crippen molar-refractivity contribution in [3.8, 4) is 5.75 Å². The van der Waals surface area contributed by atoms with Gasteiger partial charge in [0.2, 0.25) is 0 Å². The van der Waals surface area contributed by atoms with Gasteiger partial charge in [-0.25, -0.2) is 8.78 Å². The largest absolute Gasteiger partial charge is 0.490 e. The van der Waals surface area contributed by atoms with Crippen LogP contribution in [0.3, 0.4) is 0 Å². The third-order valence-electron chi connectivity index (χ3n) is 2.54. The van der Waals surface area contributed by atoms with Gasteiger partial charge in [-0.1, -0.05) is 0 Å². The highest BCUT2D eigenvalue weighted by Crippen LogP contribution is 2.39. The summed E-state index contributed by atoms with van der Waals surface area (Å²) >= 11 is 0. The van der Waals surface area contributed by atoms with Crippen LogP contribution in [0.5, 0.6) is 5.75 Å². The summed E-state index contributed by atoms with van der Waals surface area (Å²) in [5.41, 5.74) is 6.96. The van der Waals surface area contributed by atoms with Crippen LogP contribution in [0.15, 0.2) is 12.1 Å². The Kier molecular flexibility index (Phi) is 2.80. The molecule has 0 bridgehead atoms. The molecular weight excluding hydrogens is 214 g/mol. The number of pyridine rings is 1. The van der Waals surface area contributed by atoms with Crippen LogP contribution >= 0.6 is 0 Å². The molecule has 0 saturated heterocycles. The molecular formula is C11H14F2N2O. The first kappa shape index (κ1) is 11.3. The molecule has 1 aromatic rings. The van der Waals surface area contributed by atoms with E-state index < -0.39 is 5.92 Å². The van der Waals surface area contributed by atoms with Crippen molar-refractivity contribution in [3.63, 3.8) is 0 Å². The van der Waals surface area contributed by atoms with E-state index in [9.17, 15) is 8.78 Å². The van der Waals surface area contributed by atoms with Gasteiger partial charge in [0.1, 0.15) is 11.9 Å². The summed E-state index contributed by atoms with van der Waals surface area (Å²) in [4.78, 5) is 4.18. The molecule has 3 nitrogen and oxygen atoms in total. The molecule has 0 spiro atoms. The van der Waals surface area contributed by atoms with Crippen molar-refractivity contribution in [1.29, 1.82) is 0 Å². The first-order valence-corrected chi connectivity index (χ1v) is 5.21. The molecule has 0 amide bonds. The molecule has 0 atom stereocenters. The zero-order valence-corrected chi connectivity index (χ0v) is 9.04. The van der Waals surface area contributed by atoms with E-state index in [1.807, 2.05) is 6.92 Å². The molecule has 2 N–H and O–H groups in total. The van der Waals surface area contributed by atoms with Crippen LogP contribution in [-0.2, 0) is 6.54 Å². The molecule has 1 heterocycles. The van der Waals surface area contributed by atoms with Gasteiger partial charge in [0.25, 0.3) is 5.92 Å². The van der Waals surface area contributed by atoms with Crippen LogP contribution in [-0.4, -0.2) is 17.0 Å². The standard InChI is InChI=1S/C11H14F2N2O/c1-7-2-9(3-8(6-14)15-7)16-10-4-11(12,13)5-10/h2-3,10H,4-6,14H2,1H3. The van der Waals surface area contributed by atoms with Gasteiger partial charge in [-0.05, 0) is 6.92 Å². The predicted octanol–water partition coefficient (Wildman–Crippen LogP) is 2.03. The van der Waals surface area contributed by atoms with Crippen LogP contribution in [0.2, 0.25) is 0 Å². The summed E-state index contributed by atoms with van der Waals surface area (Å²) in [5.74, 6) is -1.97. The molecule has 1 saturated carbocycles. The highest BCUT2D eigenvalue weighted by molar-refractivity contribution is 5.27. The van der Waals surface area contributed by atoms with Crippen LogP contribution in [0.25, 0.3) is 0 Å². The molecule has 16 heavy (non-hydrogen) atoms. The highest BCUT2D eigenvalue weighted by Gasteiger charge is 2.46. The average molecular weight is 228 g/mol. The molecule has 1 aromatic heterocycles. The Labute approximate surface area is 92.6 Å². The fraction of sp³-hybridized carbons (Fsp3) is 0.545. The third-order valence-corrected chi connectivity index (χ3v) is 2.54. The van der Waals surface area contributed by atoms with Gasteiger partial charge in [-0.2, -0.15) is 0 Å². The maximum atomic E-state index is 12.6. The van der Waals surface area contributed by atoms with Gasteiger partial charge in [-0.15, -0.1) is 0 Å². The van der Waals surface area contributed by atoms with Crippen molar-refractivity contribution in [2.75, 3.05) is 0 Å². The van der Waals surface area contributed by atoms with Crippen LogP contribution < -0.4 is 10.5 Å². The van der Waals surface area contributed by atoms with E-state index in [-0.39, 0.29) is 18.9 Å². The Bertz CT molecular complexity index is 388. The molecule has 0 aliphatic heterocycles. The van der Waals surface area contributed by atoms with Crippen molar-refractivity contribution in [2.24, 2.45) is 5.73 Å². The maximum absolute atomic E-state index is 12.6. The van der Waals surface area contributed by atoms with Gasteiger partial charge in [0.15, 0.2) is 0 Å². The summed E-state index contributed by atoms with van der Waals surface area (Å²) in [7, 11) is 0. The number of hydrogen-bond donors (Lipinski definition) is 1. The monoisotopic (exact) mass is 228 g/mol.